The van der Waals surface area contributed by atoms with Crippen LogP contribution in [-0.4, -0.2) is 6.04 Å². The first-order valence-corrected chi connectivity index (χ1v) is 15.7. The number of fused-ring (bicyclic) bond motifs is 5. The molecule has 0 aromatic rings. The summed E-state index contributed by atoms with van der Waals surface area (Å²) in [5.74, 6) is 12.8. The Labute approximate surface area is 221 Å². The normalized spacial score (nSPS) is 39.3. The fourth-order valence-electron chi connectivity index (χ4n) is 8.01. The highest BCUT2D eigenvalue weighted by Crippen LogP contribution is 2.62. The fourth-order valence-corrected chi connectivity index (χ4v) is 8.01. The van der Waals surface area contributed by atoms with Gasteiger partial charge < -0.3 is 5.73 Å². The maximum Gasteiger partial charge on any atom is 0.0293 e. The van der Waals surface area contributed by atoms with Crippen molar-refractivity contribution in [3.63, 3.8) is 0 Å². The number of hydrogen-bond acceptors (Lipinski definition) is 1. The van der Waals surface area contributed by atoms with Crippen LogP contribution in [0, 0.1) is 64.1 Å². The van der Waals surface area contributed by atoms with E-state index in [1.807, 2.05) is 41.5 Å². The van der Waals surface area contributed by atoms with E-state index in [2.05, 4.69) is 58.6 Å². The molecule has 4 aliphatic rings. The van der Waals surface area contributed by atoms with Gasteiger partial charge >= 0.3 is 0 Å². The number of hydrogen-bond donors (Lipinski definition) is 1. The van der Waals surface area contributed by atoms with E-state index in [0.717, 1.165) is 30.1 Å². The van der Waals surface area contributed by atoms with E-state index in [0.29, 0.717) is 34.6 Å². The van der Waals surface area contributed by atoms with E-state index in [-0.39, 0.29) is 0 Å². The summed E-state index contributed by atoms with van der Waals surface area (Å²) in [5.41, 5.74) is 7.11. The molecule has 4 aliphatic carbocycles. The zero-order valence-corrected chi connectivity index (χ0v) is 25.7. The molecule has 4 rings (SSSR count). The molecular weight excluding hydrogens is 422 g/mol. The quantitative estimate of drug-likeness (QED) is 0.304. The third-order valence-electron chi connectivity index (χ3n) is 9.85. The van der Waals surface area contributed by atoms with Crippen LogP contribution in [0.3, 0.4) is 0 Å². The summed E-state index contributed by atoms with van der Waals surface area (Å²) in [6.07, 6.45) is 16.9. The molecule has 0 spiro atoms. The molecule has 9 unspecified atom stereocenters. The van der Waals surface area contributed by atoms with Gasteiger partial charge in [0.05, 0.1) is 0 Å². The highest BCUT2D eigenvalue weighted by molar-refractivity contribution is 5.26. The molecule has 1 nitrogen and oxygen atoms in total. The Kier molecular flexibility index (Phi) is 13.7. The molecule has 0 saturated heterocycles. The van der Waals surface area contributed by atoms with Crippen LogP contribution in [0.1, 0.15) is 134 Å². The van der Waals surface area contributed by atoms with E-state index in [4.69, 9.17) is 5.73 Å². The van der Waals surface area contributed by atoms with Crippen molar-refractivity contribution in [1.82, 2.24) is 0 Å². The predicted molar refractivity (Wildman–Crippen MR) is 158 cm³/mol. The van der Waals surface area contributed by atoms with Crippen LogP contribution in [-0.2, 0) is 0 Å². The summed E-state index contributed by atoms with van der Waals surface area (Å²) < 4.78 is 0. The second-order valence-electron chi connectivity index (χ2n) is 12.2. The van der Waals surface area contributed by atoms with Crippen molar-refractivity contribution in [3.8, 4) is 11.8 Å². The largest absolute Gasteiger partial charge is 0.328 e. The lowest BCUT2D eigenvalue weighted by Gasteiger charge is -2.55. The Bertz CT molecular complexity index is 680. The minimum atomic E-state index is 0.345. The minimum absolute atomic E-state index is 0.345. The van der Waals surface area contributed by atoms with Gasteiger partial charge in [0.15, 0.2) is 0 Å². The maximum atomic E-state index is 6.37. The van der Waals surface area contributed by atoms with Crippen molar-refractivity contribution in [3.05, 3.63) is 12.2 Å². The standard InChI is InChI=1S/C28H45N.3C2H6/c1-19(2)8-6-9-20(3)24-13-14-26-23-12-11-21-18-22(29)15-17-27(21,4)25(23)10-7-16-28(24,26)5;3*1-2/h13-14,19-26H,6,8-9,11-12,15-18,29H2,1-5H3;3*1-2H3. The van der Waals surface area contributed by atoms with Gasteiger partial charge in [-0.2, -0.15) is 0 Å². The van der Waals surface area contributed by atoms with Gasteiger partial charge in [-0.05, 0) is 78.4 Å². The van der Waals surface area contributed by atoms with Crippen molar-refractivity contribution in [2.75, 3.05) is 0 Å². The highest BCUT2D eigenvalue weighted by atomic mass is 14.7. The molecule has 1 heteroatoms. The molecule has 35 heavy (non-hydrogen) atoms. The summed E-state index contributed by atoms with van der Waals surface area (Å²) in [4.78, 5) is 0. The second kappa shape index (κ2) is 14.9. The SMILES string of the molecule is CC.CC.CC.CC(C)CCCC(C)C1C=CC2C3CCC4CC(N)CCC4(C)C3C#CCC12C. The lowest BCUT2D eigenvalue weighted by Crippen LogP contribution is -2.51. The molecule has 0 bridgehead atoms. The van der Waals surface area contributed by atoms with Crippen LogP contribution < -0.4 is 5.73 Å². The molecule has 9 atom stereocenters. The van der Waals surface area contributed by atoms with Gasteiger partial charge in [0, 0.05) is 18.4 Å². The van der Waals surface area contributed by atoms with Crippen molar-refractivity contribution in [2.45, 2.75) is 140 Å². The summed E-state index contributed by atoms with van der Waals surface area (Å²) in [6, 6.07) is 0.427. The Morgan fingerprint density at radius 3 is 2.17 bits per heavy atom. The zero-order chi connectivity index (χ0) is 26.8. The van der Waals surface area contributed by atoms with Crippen molar-refractivity contribution in [1.29, 1.82) is 0 Å². The van der Waals surface area contributed by atoms with Crippen LogP contribution in [0.5, 0.6) is 0 Å². The molecule has 0 heterocycles. The van der Waals surface area contributed by atoms with Crippen LogP contribution in [0.2, 0.25) is 0 Å². The Hall–Kier alpha value is -0.740. The first-order chi connectivity index (χ1) is 16.8. The van der Waals surface area contributed by atoms with Gasteiger partial charge in [-0.1, -0.05) is 113 Å². The second-order valence-corrected chi connectivity index (χ2v) is 12.2. The van der Waals surface area contributed by atoms with Crippen molar-refractivity contribution in [2.24, 2.45) is 58.0 Å². The third-order valence-corrected chi connectivity index (χ3v) is 9.85. The first-order valence-electron chi connectivity index (χ1n) is 15.7. The van der Waals surface area contributed by atoms with Crippen LogP contribution in [0.25, 0.3) is 0 Å². The number of nitrogens with two attached hydrogens (primary N) is 1. The van der Waals surface area contributed by atoms with Gasteiger partial charge in [0.1, 0.15) is 0 Å². The van der Waals surface area contributed by atoms with E-state index in [9.17, 15) is 0 Å². The number of allylic oxidation sites excluding steroid dienone is 2. The zero-order valence-electron chi connectivity index (χ0n) is 25.7. The van der Waals surface area contributed by atoms with E-state index in [1.54, 1.807) is 0 Å². The van der Waals surface area contributed by atoms with Gasteiger partial charge in [0.2, 0.25) is 0 Å². The average Bonchev–Trinajstić information content (AvgIpc) is 3.12. The lowest BCUT2D eigenvalue weighted by atomic mass is 9.49. The highest BCUT2D eigenvalue weighted by Gasteiger charge is 2.56. The fraction of sp³-hybridized carbons (Fsp3) is 0.882. The molecule has 2 saturated carbocycles. The van der Waals surface area contributed by atoms with Crippen molar-refractivity contribution >= 4 is 0 Å². The molecule has 2 N–H and O–H groups in total. The molecule has 2 fully saturated rings. The Morgan fingerprint density at radius 2 is 1.54 bits per heavy atom. The topological polar surface area (TPSA) is 26.0 Å². The summed E-state index contributed by atoms with van der Waals surface area (Å²) in [5, 5.41) is 0. The summed E-state index contributed by atoms with van der Waals surface area (Å²) >= 11 is 0. The van der Waals surface area contributed by atoms with Gasteiger partial charge in [-0.25, -0.2) is 0 Å². The van der Waals surface area contributed by atoms with E-state index >= 15 is 0 Å². The lowest BCUT2D eigenvalue weighted by molar-refractivity contribution is -0.0442. The Morgan fingerprint density at radius 1 is 0.886 bits per heavy atom. The van der Waals surface area contributed by atoms with E-state index in [1.165, 1.54) is 51.4 Å². The van der Waals surface area contributed by atoms with Crippen LogP contribution >= 0.6 is 0 Å². The molecular formula is C34H63N. The summed E-state index contributed by atoms with van der Waals surface area (Å²) in [7, 11) is 0. The van der Waals surface area contributed by atoms with Crippen molar-refractivity contribution < 1.29 is 0 Å². The molecule has 0 aliphatic heterocycles. The Balaban J connectivity index is 0.000000949. The average molecular weight is 486 g/mol. The summed E-state index contributed by atoms with van der Waals surface area (Å²) in [6.45, 7) is 24.4. The van der Waals surface area contributed by atoms with Gasteiger partial charge in [0.25, 0.3) is 0 Å². The third kappa shape index (κ3) is 6.98. The molecule has 0 aromatic heterocycles. The number of rotatable bonds is 5. The molecule has 0 aromatic carbocycles. The monoisotopic (exact) mass is 485 g/mol. The molecule has 0 radical (unpaired) electrons. The van der Waals surface area contributed by atoms with Gasteiger partial charge in [-0.3, -0.25) is 0 Å². The predicted octanol–water partition coefficient (Wildman–Crippen LogP) is 9.90. The first kappa shape index (κ1) is 32.3. The van der Waals surface area contributed by atoms with E-state index < -0.39 is 0 Å². The maximum absolute atomic E-state index is 6.37. The van der Waals surface area contributed by atoms with Crippen LogP contribution in [0.15, 0.2) is 12.2 Å². The smallest absolute Gasteiger partial charge is 0.0293 e. The molecule has 0 amide bonds. The molecule has 204 valence electrons. The van der Waals surface area contributed by atoms with Crippen LogP contribution in [0.4, 0.5) is 0 Å². The minimum Gasteiger partial charge on any atom is -0.328 e. The van der Waals surface area contributed by atoms with Gasteiger partial charge in [-0.15, -0.1) is 5.92 Å².